The van der Waals surface area contributed by atoms with Crippen molar-refractivity contribution in [3.63, 3.8) is 0 Å². The van der Waals surface area contributed by atoms with Gasteiger partial charge in [-0.05, 0) is 38.2 Å². The molecule has 0 saturated carbocycles. The average Bonchev–Trinajstić information content (AvgIpc) is 2.28. The Bertz CT molecular complexity index is 221. The molecule has 0 aromatic heterocycles. The van der Waals surface area contributed by atoms with Crippen LogP contribution < -0.4 is 5.73 Å². The zero-order valence-corrected chi connectivity index (χ0v) is 11.3. The van der Waals surface area contributed by atoms with E-state index < -0.39 is 0 Å². The molecular formula is C12H24N2OS. The lowest BCUT2D eigenvalue weighted by molar-refractivity contribution is -0.102. The van der Waals surface area contributed by atoms with Crippen LogP contribution in [0, 0.1) is 0 Å². The SMILES string of the molecule is CC1CN(C2(CN)CCSCC2)CC(C)O1. The van der Waals surface area contributed by atoms with Gasteiger partial charge in [-0.25, -0.2) is 0 Å². The fourth-order valence-corrected chi connectivity index (χ4v) is 4.22. The van der Waals surface area contributed by atoms with Crippen molar-refractivity contribution in [1.82, 2.24) is 4.90 Å². The summed E-state index contributed by atoms with van der Waals surface area (Å²) in [5.41, 5.74) is 6.33. The molecule has 2 unspecified atom stereocenters. The van der Waals surface area contributed by atoms with Gasteiger partial charge in [0, 0.05) is 25.2 Å². The van der Waals surface area contributed by atoms with E-state index in [9.17, 15) is 0 Å². The Labute approximate surface area is 103 Å². The predicted molar refractivity (Wildman–Crippen MR) is 69.9 cm³/mol. The molecule has 2 aliphatic heterocycles. The van der Waals surface area contributed by atoms with Gasteiger partial charge in [0.2, 0.25) is 0 Å². The molecule has 2 saturated heterocycles. The first kappa shape index (κ1) is 12.7. The summed E-state index contributed by atoms with van der Waals surface area (Å²) in [6, 6.07) is 0. The highest BCUT2D eigenvalue weighted by molar-refractivity contribution is 7.99. The maximum atomic E-state index is 6.07. The zero-order valence-electron chi connectivity index (χ0n) is 10.4. The summed E-state index contributed by atoms with van der Waals surface area (Å²) in [6.07, 6.45) is 3.19. The number of nitrogens with zero attached hydrogens (tertiary/aromatic N) is 1. The van der Waals surface area contributed by atoms with Crippen LogP contribution in [0.3, 0.4) is 0 Å². The first-order valence-electron chi connectivity index (χ1n) is 6.34. The molecule has 2 aliphatic rings. The minimum atomic E-state index is 0.261. The Morgan fingerprint density at radius 1 is 1.25 bits per heavy atom. The largest absolute Gasteiger partial charge is 0.373 e. The predicted octanol–water partition coefficient (Wildman–Crippen LogP) is 1.32. The van der Waals surface area contributed by atoms with Crippen molar-refractivity contribution in [3.05, 3.63) is 0 Å². The molecule has 94 valence electrons. The second-order valence-corrected chi connectivity index (χ2v) is 6.43. The Kier molecular flexibility index (Phi) is 4.16. The van der Waals surface area contributed by atoms with Crippen molar-refractivity contribution in [2.24, 2.45) is 5.73 Å². The summed E-state index contributed by atoms with van der Waals surface area (Å²) in [5.74, 6) is 2.52. The molecule has 0 bridgehead atoms. The highest BCUT2D eigenvalue weighted by Crippen LogP contribution is 2.33. The van der Waals surface area contributed by atoms with Crippen LogP contribution in [0.4, 0.5) is 0 Å². The lowest BCUT2D eigenvalue weighted by Crippen LogP contribution is -2.61. The van der Waals surface area contributed by atoms with Crippen molar-refractivity contribution < 1.29 is 4.74 Å². The maximum Gasteiger partial charge on any atom is 0.0678 e. The van der Waals surface area contributed by atoms with Gasteiger partial charge >= 0.3 is 0 Å². The maximum absolute atomic E-state index is 6.07. The van der Waals surface area contributed by atoms with Crippen LogP contribution in [0.15, 0.2) is 0 Å². The van der Waals surface area contributed by atoms with E-state index in [1.54, 1.807) is 0 Å². The minimum absolute atomic E-state index is 0.261. The van der Waals surface area contributed by atoms with E-state index in [4.69, 9.17) is 10.5 Å². The van der Waals surface area contributed by atoms with E-state index in [-0.39, 0.29) is 5.54 Å². The van der Waals surface area contributed by atoms with Crippen molar-refractivity contribution in [1.29, 1.82) is 0 Å². The Morgan fingerprint density at radius 3 is 2.31 bits per heavy atom. The molecule has 4 heteroatoms. The number of hydrogen-bond donors (Lipinski definition) is 1. The van der Waals surface area contributed by atoms with E-state index in [0.717, 1.165) is 19.6 Å². The van der Waals surface area contributed by atoms with E-state index in [2.05, 4.69) is 30.5 Å². The number of hydrogen-bond acceptors (Lipinski definition) is 4. The first-order chi connectivity index (χ1) is 7.66. The molecule has 3 nitrogen and oxygen atoms in total. The summed E-state index contributed by atoms with van der Waals surface area (Å²) < 4.78 is 5.81. The van der Waals surface area contributed by atoms with Gasteiger partial charge in [0.1, 0.15) is 0 Å². The number of nitrogens with two attached hydrogens (primary N) is 1. The molecule has 2 atom stereocenters. The fourth-order valence-electron chi connectivity index (χ4n) is 2.97. The second kappa shape index (κ2) is 5.25. The van der Waals surface area contributed by atoms with Crippen LogP contribution in [0.1, 0.15) is 26.7 Å². The average molecular weight is 244 g/mol. The Morgan fingerprint density at radius 2 is 1.81 bits per heavy atom. The van der Waals surface area contributed by atoms with Crippen molar-refractivity contribution in [2.45, 2.75) is 44.4 Å². The number of thioether (sulfide) groups is 1. The molecule has 2 rings (SSSR count). The van der Waals surface area contributed by atoms with E-state index >= 15 is 0 Å². The van der Waals surface area contributed by atoms with Gasteiger partial charge in [0.25, 0.3) is 0 Å². The Hall–Kier alpha value is 0.230. The molecule has 2 fully saturated rings. The van der Waals surface area contributed by atoms with Crippen LogP contribution >= 0.6 is 11.8 Å². The van der Waals surface area contributed by atoms with Gasteiger partial charge in [-0.3, -0.25) is 4.90 Å². The summed E-state index contributed by atoms with van der Waals surface area (Å²) >= 11 is 2.06. The number of rotatable bonds is 2. The van der Waals surface area contributed by atoms with Gasteiger partial charge in [-0.15, -0.1) is 0 Å². The van der Waals surface area contributed by atoms with Crippen LogP contribution in [-0.2, 0) is 4.74 Å². The van der Waals surface area contributed by atoms with Gasteiger partial charge in [0.15, 0.2) is 0 Å². The highest BCUT2D eigenvalue weighted by Gasteiger charge is 2.40. The second-order valence-electron chi connectivity index (χ2n) is 5.20. The van der Waals surface area contributed by atoms with Gasteiger partial charge in [-0.1, -0.05) is 0 Å². The number of morpholine rings is 1. The molecule has 0 aliphatic carbocycles. The standard InChI is InChI=1S/C12H24N2OS/c1-10-7-14(8-11(2)15-10)12(9-13)3-5-16-6-4-12/h10-11H,3-9,13H2,1-2H3. The topological polar surface area (TPSA) is 38.5 Å². The first-order valence-corrected chi connectivity index (χ1v) is 7.50. The fraction of sp³-hybridized carbons (Fsp3) is 1.00. The smallest absolute Gasteiger partial charge is 0.0678 e. The third-order valence-corrected chi connectivity index (χ3v) is 4.88. The molecule has 0 amide bonds. The molecule has 2 heterocycles. The van der Waals surface area contributed by atoms with Crippen LogP contribution in [0.5, 0.6) is 0 Å². The third-order valence-electron chi connectivity index (χ3n) is 3.89. The van der Waals surface area contributed by atoms with E-state index in [1.165, 1.54) is 24.3 Å². The molecule has 2 N–H and O–H groups in total. The summed E-state index contributed by atoms with van der Waals surface area (Å²) in [5, 5.41) is 0. The molecule has 0 radical (unpaired) electrons. The zero-order chi connectivity index (χ0) is 11.6. The molecule has 0 spiro atoms. The van der Waals surface area contributed by atoms with Crippen molar-refractivity contribution in [3.8, 4) is 0 Å². The van der Waals surface area contributed by atoms with Crippen molar-refractivity contribution in [2.75, 3.05) is 31.1 Å². The molecule has 0 aromatic rings. The molecular weight excluding hydrogens is 220 g/mol. The Balaban J connectivity index is 2.07. The third kappa shape index (κ3) is 2.55. The molecule has 16 heavy (non-hydrogen) atoms. The van der Waals surface area contributed by atoms with Crippen molar-refractivity contribution >= 4 is 11.8 Å². The van der Waals surface area contributed by atoms with E-state index in [0.29, 0.717) is 12.2 Å². The van der Waals surface area contributed by atoms with Gasteiger partial charge in [-0.2, -0.15) is 11.8 Å². The van der Waals surface area contributed by atoms with Crippen LogP contribution in [0.25, 0.3) is 0 Å². The summed E-state index contributed by atoms with van der Waals surface area (Å²) in [7, 11) is 0. The number of ether oxygens (including phenoxy) is 1. The van der Waals surface area contributed by atoms with E-state index in [1.807, 2.05) is 0 Å². The minimum Gasteiger partial charge on any atom is -0.373 e. The van der Waals surface area contributed by atoms with Gasteiger partial charge in [0.05, 0.1) is 12.2 Å². The lowest BCUT2D eigenvalue weighted by Gasteiger charge is -2.50. The van der Waals surface area contributed by atoms with Crippen LogP contribution in [-0.4, -0.2) is 53.8 Å². The molecule has 0 aromatic carbocycles. The van der Waals surface area contributed by atoms with Crippen LogP contribution in [0.2, 0.25) is 0 Å². The summed E-state index contributed by atoms with van der Waals surface area (Å²) in [4.78, 5) is 2.60. The highest BCUT2D eigenvalue weighted by atomic mass is 32.2. The summed E-state index contributed by atoms with van der Waals surface area (Å²) in [6.45, 7) is 7.24. The lowest BCUT2D eigenvalue weighted by atomic mass is 9.88. The quantitative estimate of drug-likeness (QED) is 0.795. The van der Waals surface area contributed by atoms with Gasteiger partial charge < -0.3 is 10.5 Å². The monoisotopic (exact) mass is 244 g/mol. The normalized spacial score (nSPS) is 36.2.